The van der Waals surface area contributed by atoms with E-state index < -0.39 is 0 Å². The first-order valence-electron chi connectivity index (χ1n) is 6.36. The monoisotopic (exact) mass is 225 g/mol. The van der Waals surface area contributed by atoms with Crippen molar-refractivity contribution in [2.45, 2.75) is 38.8 Å². The molecule has 0 spiro atoms. The number of hydrogen-bond donors (Lipinski definition) is 1. The third-order valence-electron chi connectivity index (χ3n) is 3.87. The first-order valence-corrected chi connectivity index (χ1v) is 6.36. The molecule has 92 valence electrons. The second kappa shape index (κ2) is 4.72. The van der Waals surface area contributed by atoms with Crippen molar-refractivity contribution in [2.75, 3.05) is 26.2 Å². The van der Waals surface area contributed by atoms with Crippen molar-refractivity contribution in [3.05, 3.63) is 0 Å². The molecule has 0 saturated carbocycles. The van der Waals surface area contributed by atoms with Crippen LogP contribution in [-0.2, 0) is 4.79 Å². The highest BCUT2D eigenvalue weighted by Gasteiger charge is 2.32. The fraction of sp³-hybridized carbons (Fsp3) is 0.917. The van der Waals surface area contributed by atoms with Gasteiger partial charge in [0.05, 0.1) is 6.04 Å². The minimum atomic E-state index is -0.234. The summed E-state index contributed by atoms with van der Waals surface area (Å²) < 4.78 is 0. The summed E-state index contributed by atoms with van der Waals surface area (Å²) in [6, 6.07) is 0.393. The molecule has 2 heterocycles. The maximum absolute atomic E-state index is 11.7. The van der Waals surface area contributed by atoms with Gasteiger partial charge in [-0.2, -0.15) is 0 Å². The van der Waals surface area contributed by atoms with Crippen LogP contribution in [0.2, 0.25) is 0 Å². The number of nitrogens with two attached hydrogens (primary N) is 1. The average molecular weight is 225 g/mol. The molecular weight excluding hydrogens is 202 g/mol. The van der Waals surface area contributed by atoms with Crippen LogP contribution in [0.25, 0.3) is 0 Å². The SMILES string of the molecule is CC(C)N1CCC(CN2CCC(N)C2=O)C1. The lowest BCUT2D eigenvalue weighted by Gasteiger charge is -2.23. The van der Waals surface area contributed by atoms with Gasteiger partial charge in [-0.05, 0) is 39.2 Å². The molecule has 2 aliphatic heterocycles. The standard InChI is InChI=1S/C12H23N3O/c1-9(2)14-5-3-10(7-14)8-15-6-4-11(13)12(15)16/h9-11H,3-8,13H2,1-2H3. The summed E-state index contributed by atoms with van der Waals surface area (Å²) in [5.41, 5.74) is 5.72. The van der Waals surface area contributed by atoms with Crippen molar-refractivity contribution < 1.29 is 4.79 Å². The third-order valence-corrected chi connectivity index (χ3v) is 3.87. The highest BCUT2D eigenvalue weighted by molar-refractivity contribution is 5.83. The fourth-order valence-corrected chi connectivity index (χ4v) is 2.74. The van der Waals surface area contributed by atoms with Gasteiger partial charge in [0.1, 0.15) is 0 Å². The van der Waals surface area contributed by atoms with Crippen LogP contribution in [0.15, 0.2) is 0 Å². The second-order valence-corrected chi connectivity index (χ2v) is 5.42. The van der Waals surface area contributed by atoms with E-state index in [4.69, 9.17) is 5.73 Å². The fourth-order valence-electron chi connectivity index (χ4n) is 2.74. The van der Waals surface area contributed by atoms with Gasteiger partial charge in [0.25, 0.3) is 0 Å². The predicted molar refractivity (Wildman–Crippen MR) is 64.0 cm³/mol. The number of rotatable bonds is 3. The molecule has 2 fully saturated rings. The normalized spacial score (nSPS) is 32.0. The van der Waals surface area contributed by atoms with Crippen molar-refractivity contribution in [2.24, 2.45) is 11.7 Å². The number of carbonyl (C=O) groups is 1. The topological polar surface area (TPSA) is 49.6 Å². The van der Waals surface area contributed by atoms with Gasteiger partial charge in [0, 0.05) is 25.7 Å². The molecule has 0 radical (unpaired) electrons. The molecule has 2 aliphatic rings. The molecule has 0 aromatic rings. The Labute approximate surface area is 97.8 Å². The zero-order valence-electron chi connectivity index (χ0n) is 10.4. The summed E-state index contributed by atoms with van der Waals surface area (Å²) in [7, 11) is 0. The van der Waals surface area contributed by atoms with E-state index in [1.807, 2.05) is 4.90 Å². The van der Waals surface area contributed by atoms with E-state index in [-0.39, 0.29) is 11.9 Å². The number of amides is 1. The molecule has 2 rings (SSSR count). The summed E-state index contributed by atoms with van der Waals surface area (Å²) in [4.78, 5) is 16.1. The first kappa shape index (κ1) is 11.9. The molecule has 0 bridgehead atoms. The molecule has 4 nitrogen and oxygen atoms in total. The summed E-state index contributed by atoms with van der Waals surface area (Å²) in [5.74, 6) is 0.805. The van der Waals surface area contributed by atoms with Gasteiger partial charge >= 0.3 is 0 Å². The summed E-state index contributed by atoms with van der Waals surface area (Å²) in [6.07, 6.45) is 2.05. The van der Waals surface area contributed by atoms with E-state index in [1.165, 1.54) is 13.0 Å². The van der Waals surface area contributed by atoms with Gasteiger partial charge in [-0.1, -0.05) is 0 Å². The Morgan fingerprint density at radius 1 is 1.38 bits per heavy atom. The Morgan fingerprint density at radius 2 is 2.12 bits per heavy atom. The summed E-state index contributed by atoms with van der Waals surface area (Å²) in [6.45, 7) is 8.56. The number of carbonyl (C=O) groups excluding carboxylic acids is 1. The molecule has 1 amide bonds. The van der Waals surface area contributed by atoms with Crippen molar-refractivity contribution in [3.63, 3.8) is 0 Å². The molecule has 0 aliphatic carbocycles. The summed E-state index contributed by atoms with van der Waals surface area (Å²) >= 11 is 0. The largest absolute Gasteiger partial charge is 0.341 e. The Morgan fingerprint density at radius 3 is 2.62 bits per heavy atom. The molecule has 2 unspecified atom stereocenters. The minimum Gasteiger partial charge on any atom is -0.341 e. The maximum atomic E-state index is 11.7. The van der Waals surface area contributed by atoms with Gasteiger partial charge in [-0.25, -0.2) is 0 Å². The van der Waals surface area contributed by atoms with E-state index in [0.29, 0.717) is 12.0 Å². The molecule has 2 saturated heterocycles. The molecule has 2 atom stereocenters. The van der Waals surface area contributed by atoms with Crippen molar-refractivity contribution in [3.8, 4) is 0 Å². The average Bonchev–Trinajstić information content (AvgIpc) is 2.81. The van der Waals surface area contributed by atoms with E-state index in [1.54, 1.807) is 0 Å². The number of likely N-dealkylation sites (tertiary alicyclic amines) is 2. The maximum Gasteiger partial charge on any atom is 0.239 e. The Bertz CT molecular complexity index is 267. The van der Waals surface area contributed by atoms with Crippen LogP contribution in [-0.4, -0.2) is 54.0 Å². The Hall–Kier alpha value is -0.610. The van der Waals surface area contributed by atoms with Gasteiger partial charge in [0.2, 0.25) is 5.91 Å². The smallest absolute Gasteiger partial charge is 0.239 e. The predicted octanol–water partition coefficient (Wildman–Crippen LogP) is 0.276. The summed E-state index contributed by atoms with van der Waals surface area (Å²) in [5, 5.41) is 0. The van der Waals surface area contributed by atoms with Crippen LogP contribution >= 0.6 is 0 Å². The number of nitrogens with zero attached hydrogens (tertiary/aromatic N) is 2. The van der Waals surface area contributed by atoms with E-state index in [2.05, 4.69) is 18.7 Å². The zero-order valence-corrected chi connectivity index (χ0v) is 10.4. The zero-order chi connectivity index (χ0) is 11.7. The molecule has 16 heavy (non-hydrogen) atoms. The molecule has 0 aromatic heterocycles. The van der Waals surface area contributed by atoms with Gasteiger partial charge < -0.3 is 15.5 Å². The van der Waals surface area contributed by atoms with Gasteiger partial charge in [-0.3, -0.25) is 4.79 Å². The van der Waals surface area contributed by atoms with Crippen LogP contribution in [0.1, 0.15) is 26.7 Å². The second-order valence-electron chi connectivity index (χ2n) is 5.42. The van der Waals surface area contributed by atoms with E-state index in [0.717, 1.165) is 26.1 Å². The highest BCUT2D eigenvalue weighted by atomic mass is 16.2. The first-order chi connectivity index (χ1) is 7.58. The Balaban J connectivity index is 1.81. The molecule has 4 heteroatoms. The van der Waals surface area contributed by atoms with Crippen LogP contribution in [0.4, 0.5) is 0 Å². The molecule has 2 N–H and O–H groups in total. The van der Waals surface area contributed by atoms with Crippen molar-refractivity contribution in [1.82, 2.24) is 9.80 Å². The van der Waals surface area contributed by atoms with Crippen molar-refractivity contribution in [1.29, 1.82) is 0 Å². The van der Waals surface area contributed by atoms with Gasteiger partial charge in [-0.15, -0.1) is 0 Å². The van der Waals surface area contributed by atoms with Crippen molar-refractivity contribution >= 4 is 5.91 Å². The van der Waals surface area contributed by atoms with Crippen LogP contribution in [0.5, 0.6) is 0 Å². The van der Waals surface area contributed by atoms with E-state index in [9.17, 15) is 4.79 Å². The minimum absolute atomic E-state index is 0.156. The lowest BCUT2D eigenvalue weighted by molar-refractivity contribution is -0.129. The Kier molecular flexibility index (Phi) is 3.50. The lowest BCUT2D eigenvalue weighted by Crippen LogP contribution is -2.38. The van der Waals surface area contributed by atoms with Crippen LogP contribution in [0.3, 0.4) is 0 Å². The highest BCUT2D eigenvalue weighted by Crippen LogP contribution is 2.21. The lowest BCUT2D eigenvalue weighted by atomic mass is 10.1. The molecule has 0 aromatic carbocycles. The van der Waals surface area contributed by atoms with Crippen LogP contribution < -0.4 is 5.73 Å². The van der Waals surface area contributed by atoms with Gasteiger partial charge in [0.15, 0.2) is 0 Å². The third kappa shape index (κ3) is 2.38. The van der Waals surface area contributed by atoms with Crippen LogP contribution in [0, 0.1) is 5.92 Å². The quantitative estimate of drug-likeness (QED) is 0.750. The van der Waals surface area contributed by atoms with E-state index >= 15 is 0 Å². The number of hydrogen-bond acceptors (Lipinski definition) is 3. The molecular formula is C12H23N3O.